The Labute approximate surface area is 89.7 Å². The molecule has 2 aromatic carbocycles. The zero-order valence-corrected chi connectivity index (χ0v) is 8.47. The molecule has 0 amide bonds. The molecule has 0 radical (unpaired) electrons. The van der Waals surface area contributed by atoms with E-state index in [0.29, 0.717) is 27.4 Å². The van der Waals surface area contributed by atoms with Crippen LogP contribution in [0.5, 0.6) is 5.75 Å². The third-order valence-electron chi connectivity index (χ3n) is 2.08. The largest absolute Gasteiger partial charge is 0.507 e. The molecule has 15 heavy (non-hydrogen) atoms. The van der Waals surface area contributed by atoms with E-state index >= 15 is 0 Å². The lowest BCUT2D eigenvalue weighted by Gasteiger charge is -2.06. The monoisotopic (exact) mass is 226 g/mol. The van der Waals surface area contributed by atoms with Crippen LogP contribution in [0.1, 0.15) is 0 Å². The first-order valence-corrected chi connectivity index (χ1v) is 5.22. The number of thioether (sulfide) groups is 1. The van der Waals surface area contributed by atoms with Crippen LogP contribution in [0.15, 0.2) is 41.3 Å². The van der Waals surface area contributed by atoms with Gasteiger partial charge in [-0.15, -0.1) is 0 Å². The Kier molecular flexibility index (Phi) is 2.77. The summed E-state index contributed by atoms with van der Waals surface area (Å²) in [5.41, 5.74) is 0. The van der Waals surface area contributed by atoms with Crippen LogP contribution < -0.4 is 0 Å². The van der Waals surface area contributed by atoms with E-state index in [0.717, 1.165) is 0 Å². The average molecular weight is 226 g/mol. The van der Waals surface area contributed by atoms with Crippen LogP contribution in [0.3, 0.4) is 0 Å². The van der Waals surface area contributed by atoms with E-state index in [1.165, 1.54) is 12.1 Å². The molecular weight excluding hydrogens is 218 g/mol. The number of fused-ring (bicyclic) bond motifs is 1. The lowest BCUT2D eigenvalue weighted by atomic mass is 10.1. The maximum absolute atomic E-state index is 12.2. The van der Waals surface area contributed by atoms with E-state index in [1.807, 2.05) is 0 Å². The molecular formula is C11H8F2OS. The van der Waals surface area contributed by atoms with Gasteiger partial charge in [0.05, 0.1) is 0 Å². The van der Waals surface area contributed by atoms with E-state index in [9.17, 15) is 13.9 Å². The zero-order chi connectivity index (χ0) is 10.8. The van der Waals surface area contributed by atoms with Crippen LogP contribution in [-0.4, -0.2) is 10.9 Å². The van der Waals surface area contributed by atoms with Crippen molar-refractivity contribution in [1.82, 2.24) is 0 Å². The van der Waals surface area contributed by atoms with Gasteiger partial charge in [-0.3, -0.25) is 0 Å². The summed E-state index contributed by atoms with van der Waals surface area (Å²) < 4.78 is 24.5. The Balaban J connectivity index is 2.61. The van der Waals surface area contributed by atoms with E-state index < -0.39 is 5.76 Å². The average Bonchev–Trinajstić information content (AvgIpc) is 2.22. The fourth-order valence-electron chi connectivity index (χ4n) is 1.45. The first-order chi connectivity index (χ1) is 7.18. The molecule has 0 fully saturated rings. The number of benzene rings is 2. The van der Waals surface area contributed by atoms with Crippen molar-refractivity contribution in [2.75, 3.05) is 0 Å². The third kappa shape index (κ3) is 2.04. The van der Waals surface area contributed by atoms with Crippen molar-refractivity contribution in [2.45, 2.75) is 10.7 Å². The van der Waals surface area contributed by atoms with Gasteiger partial charge in [-0.05, 0) is 17.5 Å². The fourth-order valence-corrected chi connectivity index (χ4v) is 2.10. The molecule has 1 nitrogen and oxygen atoms in total. The Hall–Kier alpha value is -1.29. The maximum Gasteiger partial charge on any atom is 0.288 e. The van der Waals surface area contributed by atoms with Crippen LogP contribution in [0.25, 0.3) is 10.8 Å². The Bertz CT molecular complexity index is 485. The second-order valence-corrected chi connectivity index (χ2v) is 4.04. The highest BCUT2D eigenvalue weighted by molar-refractivity contribution is 7.99. The van der Waals surface area contributed by atoms with E-state index in [1.54, 1.807) is 24.3 Å². The van der Waals surface area contributed by atoms with Crippen LogP contribution >= 0.6 is 11.8 Å². The molecule has 0 heterocycles. The second kappa shape index (κ2) is 4.06. The van der Waals surface area contributed by atoms with Crippen molar-refractivity contribution < 1.29 is 13.9 Å². The molecule has 0 saturated heterocycles. The van der Waals surface area contributed by atoms with Crippen molar-refractivity contribution in [3.05, 3.63) is 36.4 Å². The molecule has 0 spiro atoms. The Morgan fingerprint density at radius 1 is 1.00 bits per heavy atom. The normalized spacial score (nSPS) is 11.1. The van der Waals surface area contributed by atoms with Gasteiger partial charge in [0.15, 0.2) is 0 Å². The molecule has 0 unspecified atom stereocenters. The highest BCUT2D eigenvalue weighted by Gasteiger charge is 2.10. The minimum Gasteiger partial charge on any atom is -0.507 e. The highest BCUT2D eigenvalue weighted by atomic mass is 32.2. The smallest absolute Gasteiger partial charge is 0.288 e. The van der Waals surface area contributed by atoms with Crippen LogP contribution in [0, 0.1) is 0 Å². The predicted octanol–water partition coefficient (Wildman–Crippen LogP) is 3.86. The SMILES string of the molecule is Oc1ccc(SC(F)F)c2ccccc12. The van der Waals surface area contributed by atoms with E-state index in [-0.39, 0.29) is 5.75 Å². The van der Waals surface area contributed by atoms with Crippen molar-refractivity contribution in [1.29, 1.82) is 0 Å². The minimum absolute atomic E-state index is 0.115. The van der Waals surface area contributed by atoms with Gasteiger partial charge in [-0.2, -0.15) is 8.78 Å². The first-order valence-electron chi connectivity index (χ1n) is 4.34. The van der Waals surface area contributed by atoms with Crippen LogP contribution in [0.2, 0.25) is 0 Å². The summed E-state index contributed by atoms with van der Waals surface area (Å²) in [5.74, 6) is -2.33. The molecule has 4 heteroatoms. The fraction of sp³-hybridized carbons (Fsp3) is 0.0909. The lowest BCUT2D eigenvalue weighted by molar-refractivity contribution is 0.252. The number of halogens is 2. The Morgan fingerprint density at radius 2 is 1.67 bits per heavy atom. The molecule has 0 atom stereocenters. The number of phenolic OH excluding ortho intramolecular Hbond substituents is 1. The molecule has 0 aliphatic rings. The molecule has 0 bridgehead atoms. The van der Waals surface area contributed by atoms with Gasteiger partial charge in [0.25, 0.3) is 5.76 Å². The second-order valence-electron chi connectivity index (χ2n) is 3.01. The molecule has 2 rings (SSSR count). The number of rotatable bonds is 2. The minimum atomic E-state index is -2.45. The van der Waals surface area contributed by atoms with E-state index in [2.05, 4.69) is 0 Å². The molecule has 78 valence electrons. The van der Waals surface area contributed by atoms with Gasteiger partial charge in [0.2, 0.25) is 0 Å². The standard InChI is InChI=1S/C11H8F2OS/c12-11(13)15-10-6-5-9(14)7-3-1-2-4-8(7)10/h1-6,11,14H. The van der Waals surface area contributed by atoms with Crippen molar-refractivity contribution in [2.24, 2.45) is 0 Å². The van der Waals surface area contributed by atoms with Crippen molar-refractivity contribution in [3.63, 3.8) is 0 Å². The summed E-state index contributed by atoms with van der Waals surface area (Å²) in [4.78, 5) is 0.485. The number of hydrogen-bond donors (Lipinski definition) is 1. The molecule has 0 aromatic heterocycles. The maximum atomic E-state index is 12.2. The summed E-state index contributed by atoms with van der Waals surface area (Å²) in [5, 5.41) is 10.8. The van der Waals surface area contributed by atoms with E-state index in [4.69, 9.17) is 0 Å². The number of hydrogen-bond acceptors (Lipinski definition) is 2. The van der Waals surface area contributed by atoms with Gasteiger partial charge in [0, 0.05) is 10.3 Å². The van der Waals surface area contributed by atoms with Crippen LogP contribution in [0.4, 0.5) is 8.78 Å². The molecule has 0 saturated carbocycles. The zero-order valence-electron chi connectivity index (χ0n) is 7.65. The van der Waals surface area contributed by atoms with Crippen LogP contribution in [-0.2, 0) is 0 Å². The summed E-state index contributed by atoms with van der Waals surface area (Å²) in [6, 6.07) is 9.90. The molecule has 2 aromatic rings. The van der Waals surface area contributed by atoms with Gasteiger partial charge >= 0.3 is 0 Å². The summed E-state index contributed by atoms with van der Waals surface area (Å²) >= 11 is 0.492. The van der Waals surface area contributed by atoms with Crippen molar-refractivity contribution >= 4 is 22.5 Å². The molecule has 1 N–H and O–H groups in total. The first kappa shape index (κ1) is 10.2. The number of phenols is 1. The number of alkyl halides is 2. The molecule has 0 aliphatic heterocycles. The topological polar surface area (TPSA) is 20.2 Å². The van der Waals surface area contributed by atoms with Gasteiger partial charge < -0.3 is 5.11 Å². The lowest BCUT2D eigenvalue weighted by Crippen LogP contribution is -1.84. The quantitative estimate of drug-likeness (QED) is 0.784. The number of aromatic hydroxyl groups is 1. The Morgan fingerprint density at radius 3 is 2.33 bits per heavy atom. The summed E-state index contributed by atoms with van der Waals surface area (Å²) in [7, 11) is 0. The molecule has 0 aliphatic carbocycles. The summed E-state index contributed by atoms with van der Waals surface area (Å²) in [6.07, 6.45) is 0. The van der Waals surface area contributed by atoms with Crippen molar-refractivity contribution in [3.8, 4) is 5.75 Å². The van der Waals surface area contributed by atoms with Gasteiger partial charge in [-0.1, -0.05) is 36.0 Å². The van der Waals surface area contributed by atoms with Gasteiger partial charge in [0.1, 0.15) is 5.75 Å². The van der Waals surface area contributed by atoms with Gasteiger partial charge in [-0.25, -0.2) is 0 Å². The predicted molar refractivity (Wildman–Crippen MR) is 57.5 cm³/mol. The third-order valence-corrected chi connectivity index (χ3v) is 2.87. The summed E-state index contributed by atoms with van der Waals surface area (Å²) in [6.45, 7) is 0. The highest BCUT2D eigenvalue weighted by Crippen LogP contribution is 2.35.